The topological polar surface area (TPSA) is 0 Å². The van der Waals surface area contributed by atoms with Crippen LogP contribution in [-0.2, 0) is 55.9 Å². The van der Waals surface area contributed by atoms with Crippen LogP contribution in [0.2, 0.25) is 0 Å². The third-order valence-electron chi connectivity index (χ3n) is 0. The minimum atomic E-state index is 0. The summed E-state index contributed by atoms with van der Waals surface area (Å²) in [6, 6.07) is 0. The molecule has 0 nitrogen and oxygen atoms in total. The van der Waals surface area contributed by atoms with Crippen molar-refractivity contribution in [3.05, 3.63) is 0 Å². The van der Waals surface area contributed by atoms with Crippen molar-refractivity contribution in [2.45, 2.75) is 0 Å². The van der Waals surface area contributed by atoms with E-state index < -0.39 is 0 Å². The SMILES string of the molecule is [BeH2].[Cu].[Cu].[Ti]. The monoisotopic (exact) mass is 185 g/mol. The third kappa shape index (κ3) is 9.06. The minimum absolute atomic E-state index is 0. The van der Waals surface area contributed by atoms with Crippen LogP contribution in [0.3, 0.4) is 0 Å². The molecule has 0 saturated carbocycles. The van der Waals surface area contributed by atoms with Gasteiger partial charge in [-0.2, -0.15) is 0 Å². The molecular formula is H2BeCu2Ti. The van der Waals surface area contributed by atoms with Crippen LogP contribution in [-0.4, -0.2) is 10.1 Å². The summed E-state index contributed by atoms with van der Waals surface area (Å²) < 4.78 is 0. The molecule has 0 N–H and O–H groups in total. The first-order valence-electron chi connectivity index (χ1n) is 0. The maximum Gasteiger partial charge on any atom is 0 e. The van der Waals surface area contributed by atoms with E-state index in [9.17, 15) is 0 Å². The van der Waals surface area contributed by atoms with Gasteiger partial charge in [-0.25, -0.2) is 0 Å². The van der Waals surface area contributed by atoms with Crippen LogP contribution in [0.5, 0.6) is 0 Å². The molecule has 0 heterocycles. The van der Waals surface area contributed by atoms with Gasteiger partial charge < -0.3 is 0 Å². The van der Waals surface area contributed by atoms with E-state index >= 15 is 0 Å². The van der Waals surface area contributed by atoms with Crippen molar-refractivity contribution < 1.29 is 55.9 Å². The molecular weight excluding hydrogens is 184 g/mol. The molecule has 2 radical (unpaired) electrons. The smallest absolute Gasteiger partial charge is 0 e. The Kier molecular flexibility index (Phi) is 199. The summed E-state index contributed by atoms with van der Waals surface area (Å²) in [5.41, 5.74) is 0. The Balaban J connectivity index is 0. The third-order valence-corrected chi connectivity index (χ3v) is 0. The Morgan fingerprint density at radius 3 is 0.750 bits per heavy atom. The predicted molar refractivity (Wildman–Crippen MR) is 8.54 cm³/mol. The quantitative estimate of drug-likeness (QED) is 0.429. The van der Waals surface area contributed by atoms with Crippen LogP contribution in [0.25, 0.3) is 0 Å². The fourth-order valence-corrected chi connectivity index (χ4v) is 0. The first-order valence-corrected chi connectivity index (χ1v) is 0. The van der Waals surface area contributed by atoms with Gasteiger partial charge in [0.1, 0.15) is 0 Å². The molecule has 0 aliphatic carbocycles. The summed E-state index contributed by atoms with van der Waals surface area (Å²) in [4.78, 5) is 0. The van der Waals surface area contributed by atoms with Crippen LogP contribution < -0.4 is 0 Å². The maximum atomic E-state index is 0. The number of hydrogen-bond acceptors (Lipinski definition) is 0. The second-order valence-electron chi connectivity index (χ2n) is 0. The van der Waals surface area contributed by atoms with Crippen LogP contribution in [0.15, 0.2) is 0 Å². The zero-order valence-corrected chi connectivity index (χ0v) is 4.55. The molecule has 0 unspecified atom stereocenters. The maximum absolute atomic E-state index is 0. The molecule has 0 aromatic rings. The van der Waals surface area contributed by atoms with Gasteiger partial charge >= 0.3 is 10.1 Å². The van der Waals surface area contributed by atoms with E-state index in [1.165, 1.54) is 0 Å². The molecule has 0 atom stereocenters. The Hall–Kier alpha value is 1.92. The van der Waals surface area contributed by atoms with Crippen LogP contribution >= 0.6 is 0 Å². The molecule has 0 spiro atoms. The Morgan fingerprint density at radius 2 is 0.750 bits per heavy atom. The second-order valence-corrected chi connectivity index (χ2v) is 0. The van der Waals surface area contributed by atoms with Gasteiger partial charge in [0.2, 0.25) is 0 Å². The number of rotatable bonds is 0. The van der Waals surface area contributed by atoms with E-state index in [0.717, 1.165) is 0 Å². The zero-order chi connectivity index (χ0) is 0. The summed E-state index contributed by atoms with van der Waals surface area (Å²) in [6.07, 6.45) is 0. The van der Waals surface area contributed by atoms with Crippen molar-refractivity contribution in [2.24, 2.45) is 0 Å². The molecule has 0 fully saturated rings. The van der Waals surface area contributed by atoms with E-state index in [-0.39, 0.29) is 66.0 Å². The van der Waals surface area contributed by atoms with E-state index in [4.69, 9.17) is 0 Å². The first-order chi connectivity index (χ1) is 0. The summed E-state index contributed by atoms with van der Waals surface area (Å²) in [5.74, 6) is 0. The molecule has 0 aromatic heterocycles. The van der Waals surface area contributed by atoms with Crippen molar-refractivity contribution in [3.63, 3.8) is 0 Å². The molecule has 4 heavy (non-hydrogen) atoms. The molecule has 0 rings (SSSR count). The van der Waals surface area contributed by atoms with Gasteiger partial charge in [-0.3, -0.25) is 0 Å². The summed E-state index contributed by atoms with van der Waals surface area (Å²) in [5, 5.41) is 0. The normalized spacial score (nSPS) is 0. The van der Waals surface area contributed by atoms with Crippen molar-refractivity contribution in [1.82, 2.24) is 0 Å². The molecule has 4 heteroatoms. The van der Waals surface area contributed by atoms with Gasteiger partial charge in [-0.1, -0.05) is 0 Å². The van der Waals surface area contributed by atoms with Crippen LogP contribution in [0, 0.1) is 0 Å². The summed E-state index contributed by atoms with van der Waals surface area (Å²) in [6.45, 7) is 0. The van der Waals surface area contributed by atoms with Gasteiger partial charge in [0.15, 0.2) is 0 Å². The first kappa shape index (κ1) is 38.8. The molecule has 0 saturated heterocycles. The fraction of sp³-hybridized carbons (Fsp3) is 0. The Labute approximate surface area is 65.5 Å². The molecule has 0 aliphatic heterocycles. The van der Waals surface area contributed by atoms with Gasteiger partial charge in [0, 0.05) is 55.9 Å². The molecule has 0 bridgehead atoms. The van der Waals surface area contributed by atoms with Crippen LogP contribution in [0.4, 0.5) is 0 Å². The second kappa shape index (κ2) is 20.5. The molecule has 0 aliphatic rings. The van der Waals surface area contributed by atoms with Crippen molar-refractivity contribution >= 4 is 10.1 Å². The van der Waals surface area contributed by atoms with Gasteiger partial charge in [0.25, 0.3) is 0 Å². The minimum Gasteiger partial charge on any atom is 0 e. The van der Waals surface area contributed by atoms with Crippen molar-refractivity contribution in [1.29, 1.82) is 0 Å². The van der Waals surface area contributed by atoms with Crippen molar-refractivity contribution in [2.75, 3.05) is 0 Å². The standard InChI is InChI=1S/Be.2Cu.Ti.2H. The molecule has 0 aromatic carbocycles. The average Bonchev–Trinajstić information content (AvgIpc) is 0. The Morgan fingerprint density at radius 1 is 0.750 bits per heavy atom. The summed E-state index contributed by atoms with van der Waals surface area (Å²) in [7, 11) is 0. The van der Waals surface area contributed by atoms with E-state index in [2.05, 4.69) is 0 Å². The Bertz CT molecular complexity index is 6.00. The summed E-state index contributed by atoms with van der Waals surface area (Å²) >= 11 is 0. The van der Waals surface area contributed by atoms with E-state index in [1.807, 2.05) is 0 Å². The van der Waals surface area contributed by atoms with Crippen molar-refractivity contribution in [3.8, 4) is 0 Å². The zero-order valence-electron chi connectivity index (χ0n) is 1.10. The van der Waals surface area contributed by atoms with Gasteiger partial charge in [-0.05, 0) is 0 Å². The molecule has 0 amide bonds. The number of hydrogen-bond donors (Lipinski definition) is 0. The van der Waals surface area contributed by atoms with Gasteiger partial charge in [-0.15, -0.1) is 0 Å². The van der Waals surface area contributed by atoms with E-state index in [1.54, 1.807) is 0 Å². The largest absolute Gasteiger partial charge is 0 e. The van der Waals surface area contributed by atoms with Crippen LogP contribution in [0.1, 0.15) is 0 Å². The fourth-order valence-electron chi connectivity index (χ4n) is 0. The van der Waals surface area contributed by atoms with E-state index in [0.29, 0.717) is 0 Å². The molecule has 30 valence electrons. The predicted octanol–water partition coefficient (Wildman–Crippen LogP) is -0.924. The average molecular weight is 186 g/mol. The van der Waals surface area contributed by atoms with Gasteiger partial charge in [0.05, 0.1) is 0 Å².